The van der Waals surface area contributed by atoms with Crippen LogP contribution in [-0.4, -0.2) is 20.6 Å². The second kappa shape index (κ2) is 2.90. The number of carbonyl (C=O) groups is 1. The van der Waals surface area contributed by atoms with E-state index in [1.807, 2.05) is 18.2 Å². The van der Waals surface area contributed by atoms with Crippen molar-refractivity contribution in [1.82, 2.24) is 9.55 Å². The Balaban J connectivity index is 2.51. The largest absolute Gasteiger partial charge is 0.480 e. The number of aromatic nitrogens is 2. The molecule has 0 aliphatic rings. The highest BCUT2D eigenvalue weighted by atomic mass is 16.4. The zero-order valence-electron chi connectivity index (χ0n) is 6.84. The van der Waals surface area contributed by atoms with Crippen molar-refractivity contribution < 1.29 is 9.90 Å². The highest BCUT2D eigenvalue weighted by Crippen LogP contribution is 2.11. The minimum Gasteiger partial charge on any atom is -0.480 e. The minimum absolute atomic E-state index is 0.0412. The number of carboxylic acids is 1. The molecule has 4 heteroatoms. The summed E-state index contributed by atoms with van der Waals surface area (Å²) in [5.74, 6) is -0.858. The van der Waals surface area contributed by atoms with Gasteiger partial charge < -0.3 is 9.67 Å². The van der Waals surface area contributed by atoms with E-state index in [1.165, 1.54) is 0 Å². The smallest absolute Gasteiger partial charge is 0.323 e. The molecular formula is C9H8N2O2. The van der Waals surface area contributed by atoms with Crippen molar-refractivity contribution in [2.45, 2.75) is 6.54 Å². The van der Waals surface area contributed by atoms with Crippen LogP contribution in [0.1, 0.15) is 0 Å². The maximum atomic E-state index is 10.5. The fraction of sp³-hybridized carbons (Fsp3) is 0.111. The van der Waals surface area contributed by atoms with E-state index in [-0.39, 0.29) is 6.54 Å². The Morgan fingerprint density at radius 2 is 2.38 bits per heavy atom. The van der Waals surface area contributed by atoms with Gasteiger partial charge in [0.25, 0.3) is 0 Å². The third-order valence-electron chi connectivity index (χ3n) is 1.83. The Morgan fingerprint density at radius 3 is 3.15 bits per heavy atom. The topological polar surface area (TPSA) is 55.1 Å². The SMILES string of the molecule is O=C(O)Cn1ccc2cccnc21. The van der Waals surface area contributed by atoms with Crippen molar-refractivity contribution in [3.63, 3.8) is 0 Å². The first-order chi connectivity index (χ1) is 6.27. The van der Waals surface area contributed by atoms with Gasteiger partial charge in [-0.25, -0.2) is 4.98 Å². The van der Waals surface area contributed by atoms with Gasteiger partial charge in [0, 0.05) is 17.8 Å². The van der Waals surface area contributed by atoms with Gasteiger partial charge in [0.2, 0.25) is 0 Å². The molecule has 0 spiro atoms. The molecule has 4 nitrogen and oxygen atoms in total. The number of aliphatic carboxylic acids is 1. The standard InChI is InChI=1S/C9H8N2O2/c12-8(13)6-11-5-3-7-2-1-4-10-9(7)11/h1-5H,6H2,(H,12,13). The molecule has 0 aliphatic heterocycles. The summed E-state index contributed by atoms with van der Waals surface area (Å²) >= 11 is 0. The maximum absolute atomic E-state index is 10.5. The molecule has 0 atom stereocenters. The van der Waals surface area contributed by atoms with Gasteiger partial charge in [-0.15, -0.1) is 0 Å². The second-order valence-electron chi connectivity index (χ2n) is 2.75. The zero-order chi connectivity index (χ0) is 9.26. The molecule has 1 N–H and O–H groups in total. The van der Waals surface area contributed by atoms with Gasteiger partial charge in [-0.2, -0.15) is 0 Å². The molecule has 0 unspecified atom stereocenters. The van der Waals surface area contributed by atoms with Crippen molar-refractivity contribution in [3.8, 4) is 0 Å². The lowest BCUT2D eigenvalue weighted by Crippen LogP contribution is -2.07. The average Bonchev–Trinajstić information content (AvgIpc) is 2.48. The van der Waals surface area contributed by atoms with Crippen LogP contribution in [0.5, 0.6) is 0 Å². The van der Waals surface area contributed by atoms with E-state index in [2.05, 4.69) is 4.98 Å². The van der Waals surface area contributed by atoms with Crippen LogP contribution in [-0.2, 0) is 11.3 Å². The number of rotatable bonds is 2. The lowest BCUT2D eigenvalue weighted by atomic mass is 10.3. The van der Waals surface area contributed by atoms with Crippen molar-refractivity contribution in [2.75, 3.05) is 0 Å². The van der Waals surface area contributed by atoms with Crippen LogP contribution in [0.4, 0.5) is 0 Å². The molecule has 66 valence electrons. The van der Waals surface area contributed by atoms with Crippen LogP contribution < -0.4 is 0 Å². The zero-order valence-corrected chi connectivity index (χ0v) is 6.84. The van der Waals surface area contributed by atoms with Crippen molar-refractivity contribution in [2.24, 2.45) is 0 Å². The molecule has 0 amide bonds. The molecule has 13 heavy (non-hydrogen) atoms. The predicted molar refractivity (Wildman–Crippen MR) is 47.4 cm³/mol. The first-order valence-electron chi connectivity index (χ1n) is 3.89. The lowest BCUT2D eigenvalue weighted by molar-refractivity contribution is -0.137. The number of fused-ring (bicyclic) bond motifs is 1. The molecule has 0 radical (unpaired) electrons. The van der Waals surface area contributed by atoms with Gasteiger partial charge >= 0.3 is 5.97 Å². The molecule has 2 heterocycles. The van der Waals surface area contributed by atoms with Crippen molar-refractivity contribution >= 4 is 17.0 Å². The second-order valence-corrected chi connectivity index (χ2v) is 2.75. The summed E-state index contributed by atoms with van der Waals surface area (Å²) in [5.41, 5.74) is 0.713. The highest BCUT2D eigenvalue weighted by Gasteiger charge is 2.03. The van der Waals surface area contributed by atoms with Gasteiger partial charge in [0.1, 0.15) is 12.2 Å². The third kappa shape index (κ3) is 1.38. The van der Waals surface area contributed by atoms with E-state index < -0.39 is 5.97 Å². The number of nitrogens with zero attached hydrogens (tertiary/aromatic N) is 2. The molecule has 0 bridgehead atoms. The third-order valence-corrected chi connectivity index (χ3v) is 1.83. The van der Waals surface area contributed by atoms with E-state index in [9.17, 15) is 4.79 Å². The summed E-state index contributed by atoms with van der Waals surface area (Å²) in [5, 5.41) is 9.56. The Kier molecular flexibility index (Phi) is 1.73. The number of pyridine rings is 1. The molecule has 2 aromatic heterocycles. The average molecular weight is 176 g/mol. The van der Waals surface area contributed by atoms with Gasteiger partial charge in [-0.05, 0) is 18.2 Å². The summed E-state index contributed by atoms with van der Waals surface area (Å²) in [4.78, 5) is 14.6. The van der Waals surface area contributed by atoms with Gasteiger partial charge in [-0.3, -0.25) is 4.79 Å². The molecular weight excluding hydrogens is 168 g/mol. The van der Waals surface area contributed by atoms with E-state index in [0.29, 0.717) is 5.65 Å². The van der Waals surface area contributed by atoms with E-state index >= 15 is 0 Å². The van der Waals surface area contributed by atoms with Gasteiger partial charge in [0.05, 0.1) is 0 Å². The van der Waals surface area contributed by atoms with Crippen LogP contribution in [0.25, 0.3) is 11.0 Å². The number of hydrogen-bond acceptors (Lipinski definition) is 2. The molecule has 0 saturated heterocycles. The monoisotopic (exact) mass is 176 g/mol. The predicted octanol–water partition coefficient (Wildman–Crippen LogP) is 1.12. The summed E-state index contributed by atoms with van der Waals surface area (Å²) in [6.07, 6.45) is 3.38. The van der Waals surface area contributed by atoms with Crippen LogP contribution in [0.2, 0.25) is 0 Å². The first-order valence-corrected chi connectivity index (χ1v) is 3.89. The van der Waals surface area contributed by atoms with Crippen LogP contribution in [0.15, 0.2) is 30.6 Å². The summed E-state index contributed by atoms with van der Waals surface area (Å²) in [7, 11) is 0. The van der Waals surface area contributed by atoms with Gasteiger partial charge in [-0.1, -0.05) is 0 Å². The fourth-order valence-electron chi connectivity index (χ4n) is 1.29. The van der Waals surface area contributed by atoms with E-state index in [0.717, 1.165) is 5.39 Å². The Labute approximate surface area is 74.4 Å². The van der Waals surface area contributed by atoms with Crippen LogP contribution in [0, 0.1) is 0 Å². The minimum atomic E-state index is -0.858. The molecule has 2 aromatic rings. The molecule has 0 aromatic carbocycles. The Hall–Kier alpha value is -1.84. The van der Waals surface area contributed by atoms with Crippen molar-refractivity contribution in [1.29, 1.82) is 0 Å². The molecule has 0 fully saturated rings. The molecule has 2 rings (SSSR count). The lowest BCUT2D eigenvalue weighted by Gasteiger charge is -1.98. The van der Waals surface area contributed by atoms with Crippen molar-refractivity contribution in [3.05, 3.63) is 30.6 Å². The summed E-state index contributed by atoms with van der Waals surface area (Å²) in [6, 6.07) is 5.58. The molecule has 0 aliphatic carbocycles. The first kappa shape index (κ1) is 7.79. The number of carboxylic acid groups (broad SMARTS) is 1. The molecule has 0 saturated carbocycles. The maximum Gasteiger partial charge on any atom is 0.323 e. The number of hydrogen-bond donors (Lipinski definition) is 1. The van der Waals surface area contributed by atoms with Crippen LogP contribution >= 0.6 is 0 Å². The summed E-state index contributed by atoms with van der Waals surface area (Å²) < 4.78 is 1.61. The normalized spacial score (nSPS) is 10.5. The Morgan fingerprint density at radius 1 is 1.54 bits per heavy atom. The highest BCUT2D eigenvalue weighted by molar-refractivity contribution is 5.77. The van der Waals surface area contributed by atoms with E-state index in [4.69, 9.17) is 5.11 Å². The summed E-state index contributed by atoms with van der Waals surface area (Å²) in [6.45, 7) is -0.0412. The van der Waals surface area contributed by atoms with Gasteiger partial charge in [0.15, 0.2) is 0 Å². The quantitative estimate of drug-likeness (QED) is 0.746. The van der Waals surface area contributed by atoms with Crippen LogP contribution in [0.3, 0.4) is 0 Å². The van der Waals surface area contributed by atoms with E-state index in [1.54, 1.807) is 17.0 Å². The fourth-order valence-corrected chi connectivity index (χ4v) is 1.29. The Bertz CT molecular complexity index is 448.